The topological polar surface area (TPSA) is 111 Å². The molecule has 0 saturated carbocycles. The van der Waals surface area contributed by atoms with E-state index >= 15 is 0 Å². The second kappa shape index (κ2) is 52.6. The number of carbonyl (C=O) groups is 2. The maximum atomic E-state index is 13.5. The van der Waals surface area contributed by atoms with E-state index in [1.54, 1.807) is 0 Å². The fraction of sp³-hybridized carbons (Fsp3) is 0.746. The number of amides is 1. The van der Waals surface area contributed by atoms with E-state index in [0.29, 0.717) is 23.9 Å². The number of hydrogen-bond acceptors (Lipinski definition) is 6. The van der Waals surface area contributed by atoms with Crippen LogP contribution in [0.1, 0.15) is 252 Å². The van der Waals surface area contributed by atoms with Gasteiger partial charge in [-0.05, 0) is 102 Å². The van der Waals surface area contributed by atoms with Crippen LogP contribution in [-0.4, -0.2) is 74.3 Å². The zero-order valence-electron chi connectivity index (χ0n) is 48.1. The summed E-state index contributed by atoms with van der Waals surface area (Å²) in [4.78, 5) is 37.6. The molecule has 0 aromatic carbocycles. The molecule has 3 atom stereocenters. The molecule has 0 rings (SSSR count). The average Bonchev–Trinajstić information content (AvgIpc) is 3.35. The standard InChI is InChI=1S/C63H113N2O7P/c1-7-10-13-16-19-22-25-27-29-30-31-32-33-34-36-38-41-44-47-50-53-56-63(67)72-61(54-51-48-45-42-39-24-21-18-15-12-9-3)60(59-71-73(68,69)70-58-57-65(4,5)6)64-62(66)55-52-49-46-43-40-37-35-28-26-23-20-17-14-11-8-2/h19-20,22-23,26-29,31-32,34,36,51,54,60-61H,7-18,21,24-25,30,33,35,37-50,52-53,55-59H2,1-6H3,(H-,64,66,68,69)/p+1/b22-19-,23-20+,28-26+,29-27-,32-31-,36-34-,54-51-. The summed E-state index contributed by atoms with van der Waals surface area (Å²) in [5, 5.41) is 3.04. The van der Waals surface area contributed by atoms with Gasteiger partial charge in [0.1, 0.15) is 19.3 Å². The van der Waals surface area contributed by atoms with Crippen molar-refractivity contribution in [3.8, 4) is 0 Å². The molecule has 0 aliphatic rings. The molecule has 3 unspecified atom stereocenters. The van der Waals surface area contributed by atoms with Crippen LogP contribution in [0.2, 0.25) is 0 Å². The van der Waals surface area contributed by atoms with Gasteiger partial charge in [-0.1, -0.05) is 222 Å². The molecule has 0 saturated heterocycles. The van der Waals surface area contributed by atoms with Crippen molar-refractivity contribution in [2.75, 3.05) is 40.9 Å². The molecule has 9 nitrogen and oxygen atoms in total. The highest BCUT2D eigenvalue weighted by molar-refractivity contribution is 7.47. The number of esters is 1. The maximum absolute atomic E-state index is 13.5. The van der Waals surface area contributed by atoms with E-state index in [9.17, 15) is 19.0 Å². The predicted octanol–water partition coefficient (Wildman–Crippen LogP) is 18.2. The highest BCUT2D eigenvalue weighted by Crippen LogP contribution is 2.43. The Bertz CT molecular complexity index is 1530. The minimum Gasteiger partial charge on any atom is -0.456 e. The molecular formula is C63H114N2O7P+. The first-order valence-electron chi connectivity index (χ1n) is 29.9. The zero-order chi connectivity index (χ0) is 53.6. The zero-order valence-corrected chi connectivity index (χ0v) is 49.0. The lowest BCUT2D eigenvalue weighted by molar-refractivity contribution is -0.870. The Morgan fingerprint density at radius 2 is 0.877 bits per heavy atom. The average molecular weight is 1040 g/mol. The lowest BCUT2D eigenvalue weighted by atomic mass is 10.1. The molecule has 0 aliphatic carbocycles. The Balaban J connectivity index is 5.31. The van der Waals surface area contributed by atoms with E-state index in [2.05, 4.69) is 99.0 Å². The smallest absolute Gasteiger partial charge is 0.456 e. The van der Waals surface area contributed by atoms with Crippen molar-refractivity contribution in [2.24, 2.45) is 0 Å². The number of phosphoric ester groups is 1. The van der Waals surface area contributed by atoms with E-state index in [0.717, 1.165) is 116 Å². The first-order chi connectivity index (χ1) is 35.4. The van der Waals surface area contributed by atoms with Crippen LogP contribution in [0.15, 0.2) is 85.1 Å². The van der Waals surface area contributed by atoms with Crippen molar-refractivity contribution >= 4 is 19.7 Å². The van der Waals surface area contributed by atoms with E-state index < -0.39 is 20.0 Å². The van der Waals surface area contributed by atoms with Crippen LogP contribution in [0.4, 0.5) is 0 Å². The van der Waals surface area contributed by atoms with Crippen molar-refractivity contribution in [1.29, 1.82) is 0 Å². The first-order valence-corrected chi connectivity index (χ1v) is 31.4. The third-order valence-electron chi connectivity index (χ3n) is 12.8. The third kappa shape index (κ3) is 53.8. The van der Waals surface area contributed by atoms with Crippen LogP contribution in [0, 0.1) is 0 Å². The summed E-state index contributed by atoms with van der Waals surface area (Å²) in [5.41, 5.74) is 0. The SMILES string of the molecule is CCCCC/C=C\C/C=C\C/C=C\C/C=C\CCCCCCCC(=O)OC(/C=C\CCCCCCCCCCC)C(COP(=O)(O)OCC[N+](C)(C)C)NC(=O)CCCCCCCC/C=C/C=C/CCCCC. The van der Waals surface area contributed by atoms with Gasteiger partial charge in [-0.15, -0.1) is 0 Å². The highest BCUT2D eigenvalue weighted by Gasteiger charge is 2.30. The number of nitrogens with zero attached hydrogens (tertiary/aromatic N) is 1. The second-order valence-corrected chi connectivity index (χ2v) is 22.6. The number of quaternary nitrogens is 1. The monoisotopic (exact) mass is 1040 g/mol. The largest absolute Gasteiger partial charge is 0.472 e. The molecule has 0 aromatic heterocycles. The number of unbranched alkanes of at least 4 members (excludes halogenated alkanes) is 26. The molecular weight excluding hydrogens is 928 g/mol. The molecule has 73 heavy (non-hydrogen) atoms. The van der Waals surface area contributed by atoms with E-state index in [1.165, 1.54) is 96.3 Å². The van der Waals surface area contributed by atoms with E-state index in [1.807, 2.05) is 33.3 Å². The lowest BCUT2D eigenvalue weighted by Crippen LogP contribution is -2.47. The number of likely N-dealkylation sites (N-methyl/N-ethyl adjacent to an activating group) is 1. The van der Waals surface area contributed by atoms with E-state index in [-0.39, 0.29) is 31.5 Å². The van der Waals surface area contributed by atoms with Crippen molar-refractivity contribution < 1.29 is 37.3 Å². The quantitative estimate of drug-likeness (QED) is 0.0156. The van der Waals surface area contributed by atoms with Crippen LogP contribution in [-0.2, 0) is 27.9 Å². The van der Waals surface area contributed by atoms with Crippen LogP contribution >= 0.6 is 7.82 Å². The number of nitrogens with one attached hydrogen (secondary N) is 1. The molecule has 1 amide bonds. The van der Waals surface area contributed by atoms with Crippen LogP contribution in [0.25, 0.3) is 0 Å². The fourth-order valence-electron chi connectivity index (χ4n) is 8.15. The summed E-state index contributed by atoms with van der Waals surface area (Å²) in [6, 6.07) is -0.865. The van der Waals surface area contributed by atoms with Gasteiger partial charge >= 0.3 is 13.8 Å². The molecule has 2 N–H and O–H groups in total. The molecule has 10 heteroatoms. The molecule has 0 aromatic rings. The van der Waals surface area contributed by atoms with Gasteiger partial charge in [0, 0.05) is 12.8 Å². The molecule has 0 heterocycles. The highest BCUT2D eigenvalue weighted by atomic mass is 31.2. The number of phosphoric acid groups is 1. The Kier molecular flexibility index (Phi) is 50.6. The number of carbonyl (C=O) groups excluding carboxylic acids is 2. The van der Waals surface area contributed by atoms with Crippen molar-refractivity contribution in [2.45, 2.75) is 264 Å². The number of hydrogen-bond donors (Lipinski definition) is 2. The summed E-state index contributed by atoms with van der Waals surface area (Å²) in [6.07, 6.45) is 68.6. The summed E-state index contributed by atoms with van der Waals surface area (Å²) in [6.45, 7) is 6.92. The number of ether oxygens (including phenoxy) is 1. The normalized spacial score (nSPS) is 14.3. The van der Waals surface area contributed by atoms with Crippen molar-refractivity contribution in [3.05, 3.63) is 85.1 Å². The van der Waals surface area contributed by atoms with Gasteiger partial charge in [0.25, 0.3) is 0 Å². The first kappa shape index (κ1) is 70.2. The Labute approximate surface area is 450 Å². The van der Waals surface area contributed by atoms with Gasteiger partial charge in [-0.2, -0.15) is 0 Å². The number of rotatable bonds is 53. The van der Waals surface area contributed by atoms with Gasteiger partial charge in [0.15, 0.2) is 0 Å². The fourth-order valence-corrected chi connectivity index (χ4v) is 8.88. The maximum Gasteiger partial charge on any atom is 0.472 e. The van der Waals surface area contributed by atoms with Crippen LogP contribution in [0.3, 0.4) is 0 Å². The molecule has 0 spiro atoms. The predicted molar refractivity (Wildman–Crippen MR) is 314 cm³/mol. The minimum absolute atomic E-state index is 0.0309. The van der Waals surface area contributed by atoms with Gasteiger partial charge in [0.2, 0.25) is 5.91 Å². The van der Waals surface area contributed by atoms with Crippen molar-refractivity contribution in [3.63, 3.8) is 0 Å². The summed E-state index contributed by atoms with van der Waals surface area (Å²) < 4.78 is 30.6. The van der Waals surface area contributed by atoms with Crippen LogP contribution in [0.5, 0.6) is 0 Å². The Morgan fingerprint density at radius 3 is 1.36 bits per heavy atom. The Hall–Kier alpha value is -2.81. The second-order valence-electron chi connectivity index (χ2n) is 21.2. The molecule has 422 valence electrons. The van der Waals surface area contributed by atoms with Gasteiger partial charge in [-0.25, -0.2) is 4.57 Å². The molecule has 0 radical (unpaired) electrons. The summed E-state index contributed by atoms with van der Waals surface area (Å²) in [5.74, 6) is -0.543. The molecule has 0 fully saturated rings. The summed E-state index contributed by atoms with van der Waals surface area (Å²) >= 11 is 0. The van der Waals surface area contributed by atoms with Gasteiger partial charge in [0.05, 0.1) is 33.8 Å². The van der Waals surface area contributed by atoms with Gasteiger partial charge in [-0.3, -0.25) is 18.6 Å². The summed E-state index contributed by atoms with van der Waals surface area (Å²) in [7, 11) is 1.47. The molecule has 0 bridgehead atoms. The molecule has 0 aliphatic heterocycles. The van der Waals surface area contributed by atoms with Crippen molar-refractivity contribution in [1.82, 2.24) is 5.32 Å². The third-order valence-corrected chi connectivity index (χ3v) is 13.8. The minimum atomic E-state index is -4.46. The lowest BCUT2D eigenvalue weighted by Gasteiger charge is -2.27. The van der Waals surface area contributed by atoms with Crippen LogP contribution < -0.4 is 5.32 Å². The van der Waals surface area contributed by atoms with Gasteiger partial charge < -0.3 is 19.4 Å². The number of allylic oxidation sites excluding steroid dienone is 13. The Morgan fingerprint density at radius 1 is 0.493 bits per heavy atom. The van der Waals surface area contributed by atoms with E-state index in [4.69, 9.17) is 13.8 Å².